The molecule has 0 unspecified atom stereocenters. The number of allylic oxidation sites excluding steroid dienone is 1. The molecule has 1 aliphatic rings. The molecule has 3 rings (SSSR count). The van der Waals surface area contributed by atoms with E-state index in [-0.39, 0.29) is 23.5 Å². The first-order valence-electron chi connectivity index (χ1n) is 11.2. The van der Waals surface area contributed by atoms with Crippen molar-refractivity contribution in [3.8, 4) is 5.75 Å². The Bertz CT molecular complexity index is 1180. The van der Waals surface area contributed by atoms with E-state index in [2.05, 4.69) is 5.32 Å². The van der Waals surface area contributed by atoms with Crippen LogP contribution in [-0.2, 0) is 11.0 Å². The Morgan fingerprint density at radius 1 is 1.22 bits per heavy atom. The maximum Gasteiger partial charge on any atom is 0.417 e. The Labute approximate surface area is 208 Å². The van der Waals surface area contributed by atoms with Crippen LogP contribution in [0.25, 0.3) is 5.57 Å². The van der Waals surface area contributed by atoms with Gasteiger partial charge in [-0.15, -0.1) is 0 Å². The maximum absolute atomic E-state index is 15.1. The van der Waals surface area contributed by atoms with Gasteiger partial charge in [0.25, 0.3) is 11.8 Å². The van der Waals surface area contributed by atoms with Gasteiger partial charge in [0.15, 0.2) is 0 Å². The molecule has 2 N–H and O–H groups in total. The Balaban J connectivity index is 2.08. The summed E-state index contributed by atoms with van der Waals surface area (Å²) in [5.41, 5.74) is -3.20. The number of hydrogen-bond donors (Lipinski definition) is 2. The van der Waals surface area contributed by atoms with Gasteiger partial charge in [-0.05, 0) is 31.2 Å². The lowest BCUT2D eigenvalue weighted by molar-refractivity contribution is -0.138. The van der Waals surface area contributed by atoms with Crippen LogP contribution in [0.15, 0.2) is 48.5 Å². The molecule has 1 heterocycles. The van der Waals surface area contributed by atoms with Crippen LogP contribution in [-0.4, -0.2) is 55.3 Å². The Kier molecular flexibility index (Phi) is 8.52. The second-order valence-electron chi connectivity index (χ2n) is 8.30. The predicted octanol–water partition coefficient (Wildman–Crippen LogP) is 4.62. The third-order valence-corrected chi connectivity index (χ3v) is 5.47. The quantitative estimate of drug-likeness (QED) is 0.405. The van der Waals surface area contributed by atoms with Gasteiger partial charge in [0.05, 0.1) is 23.4 Å². The lowest BCUT2D eigenvalue weighted by atomic mass is 9.97. The van der Waals surface area contributed by atoms with Gasteiger partial charge in [-0.3, -0.25) is 9.59 Å². The van der Waals surface area contributed by atoms with Crippen LogP contribution in [0.2, 0.25) is 0 Å². The van der Waals surface area contributed by atoms with Crippen molar-refractivity contribution in [2.75, 3.05) is 31.2 Å². The molecule has 6 nitrogen and oxygen atoms in total. The Hall–Kier alpha value is -3.54. The van der Waals surface area contributed by atoms with Crippen LogP contribution >= 0.6 is 0 Å². The smallest absolute Gasteiger partial charge is 0.417 e. The highest BCUT2D eigenvalue weighted by Crippen LogP contribution is 2.44. The van der Waals surface area contributed by atoms with Crippen LogP contribution in [0.3, 0.4) is 0 Å². The van der Waals surface area contributed by atoms with Crippen LogP contribution in [0.4, 0.5) is 32.0 Å². The number of carbonyl (C=O) groups is 2. The largest absolute Gasteiger partial charge is 0.491 e. The summed E-state index contributed by atoms with van der Waals surface area (Å²) in [5, 5.41) is 11.1. The SMILES string of the molecule is C[C@H](F)COc1ccc(C(=O)N2CCC(F)(F)/C(=C\C(=O)NCCO)c3ccccc32)c(C(F)(F)F)c1. The van der Waals surface area contributed by atoms with Crippen molar-refractivity contribution >= 4 is 23.1 Å². The number of aliphatic hydroxyl groups excluding tert-OH is 1. The average molecular weight is 530 g/mol. The van der Waals surface area contributed by atoms with Crippen molar-refractivity contribution in [2.45, 2.75) is 31.6 Å². The highest BCUT2D eigenvalue weighted by molar-refractivity contribution is 6.10. The number of anilines is 1. The van der Waals surface area contributed by atoms with Gasteiger partial charge in [-0.25, -0.2) is 13.2 Å². The van der Waals surface area contributed by atoms with Crippen LogP contribution in [0, 0.1) is 0 Å². The number of aliphatic hydroxyl groups is 1. The number of amides is 2. The second-order valence-corrected chi connectivity index (χ2v) is 8.30. The molecule has 1 aliphatic heterocycles. The molecule has 1 atom stereocenters. The molecule has 0 aromatic heterocycles. The zero-order valence-electron chi connectivity index (χ0n) is 19.6. The maximum atomic E-state index is 15.1. The van der Waals surface area contributed by atoms with Gasteiger partial charge in [-0.2, -0.15) is 13.2 Å². The summed E-state index contributed by atoms with van der Waals surface area (Å²) >= 11 is 0. The monoisotopic (exact) mass is 530 g/mol. The van der Waals surface area contributed by atoms with E-state index in [0.29, 0.717) is 12.1 Å². The van der Waals surface area contributed by atoms with E-state index in [1.54, 1.807) is 0 Å². The van der Waals surface area contributed by atoms with Gasteiger partial charge in [0, 0.05) is 36.7 Å². The summed E-state index contributed by atoms with van der Waals surface area (Å²) in [7, 11) is 0. The van der Waals surface area contributed by atoms with Crippen LogP contribution < -0.4 is 15.0 Å². The van der Waals surface area contributed by atoms with Gasteiger partial charge in [-0.1, -0.05) is 18.2 Å². The number of benzene rings is 2. The minimum atomic E-state index is -5.00. The van der Waals surface area contributed by atoms with E-state index in [4.69, 9.17) is 9.84 Å². The van der Waals surface area contributed by atoms with E-state index < -0.39 is 73.0 Å². The number of nitrogens with zero attached hydrogens (tertiary/aromatic N) is 1. The van der Waals surface area contributed by atoms with Gasteiger partial charge >= 0.3 is 6.18 Å². The van der Waals surface area contributed by atoms with Crippen molar-refractivity contribution in [1.82, 2.24) is 5.32 Å². The van der Waals surface area contributed by atoms with Gasteiger partial charge < -0.3 is 20.1 Å². The number of carbonyl (C=O) groups excluding carboxylic acids is 2. The molecule has 0 saturated carbocycles. The molecule has 0 fully saturated rings. The summed E-state index contributed by atoms with van der Waals surface area (Å²) in [5.74, 6) is -6.01. The molecular weight excluding hydrogens is 506 g/mol. The van der Waals surface area contributed by atoms with Crippen molar-refractivity contribution in [1.29, 1.82) is 0 Å². The van der Waals surface area contributed by atoms with Crippen LogP contribution in [0.1, 0.15) is 34.8 Å². The number of rotatable bonds is 7. The van der Waals surface area contributed by atoms with Gasteiger partial charge in [0.2, 0.25) is 5.91 Å². The van der Waals surface area contributed by atoms with E-state index >= 15 is 8.78 Å². The third-order valence-electron chi connectivity index (χ3n) is 5.47. The number of hydrogen-bond acceptors (Lipinski definition) is 4. The van der Waals surface area contributed by atoms with E-state index in [9.17, 15) is 27.2 Å². The summed E-state index contributed by atoms with van der Waals surface area (Å²) in [6, 6.07) is 7.83. The average Bonchev–Trinajstić information content (AvgIpc) is 2.94. The van der Waals surface area contributed by atoms with E-state index in [1.165, 1.54) is 24.3 Å². The number of nitrogens with one attached hydrogen (secondary N) is 1. The predicted molar refractivity (Wildman–Crippen MR) is 123 cm³/mol. The van der Waals surface area contributed by atoms with E-state index in [1.807, 2.05) is 0 Å². The first-order valence-corrected chi connectivity index (χ1v) is 11.2. The normalized spacial score (nSPS) is 17.1. The molecule has 0 saturated heterocycles. The van der Waals surface area contributed by atoms with Crippen molar-refractivity contribution in [2.24, 2.45) is 0 Å². The molecule has 2 aromatic rings. The fourth-order valence-corrected chi connectivity index (χ4v) is 3.79. The van der Waals surface area contributed by atoms with Crippen molar-refractivity contribution in [3.63, 3.8) is 0 Å². The van der Waals surface area contributed by atoms with Crippen molar-refractivity contribution < 1.29 is 45.8 Å². The standard InChI is InChI=1S/C25H24F6N2O4/c1-15(26)14-37-16-6-7-18(20(12-16)25(29,30)31)23(36)33-10-8-24(27,28)19(13-22(35)32-9-11-34)17-4-2-3-5-21(17)33/h2-7,12-13,15,34H,8-11,14H2,1H3,(H,32,35)/b19-13-/t15-/m0/s1. The number of halogens is 6. The fraction of sp³-hybridized carbons (Fsp3) is 0.360. The first-order chi connectivity index (χ1) is 17.3. The third kappa shape index (κ3) is 6.62. The van der Waals surface area contributed by atoms with Gasteiger partial charge in [0.1, 0.15) is 18.5 Å². The second kappa shape index (κ2) is 11.2. The zero-order valence-corrected chi connectivity index (χ0v) is 19.6. The molecule has 2 aromatic carbocycles. The number of ether oxygens (including phenoxy) is 1. The molecule has 200 valence electrons. The highest BCUT2D eigenvalue weighted by Gasteiger charge is 2.43. The molecule has 0 spiro atoms. The van der Waals surface area contributed by atoms with E-state index in [0.717, 1.165) is 24.0 Å². The summed E-state index contributed by atoms with van der Waals surface area (Å²) in [4.78, 5) is 26.3. The molecule has 12 heteroatoms. The Morgan fingerprint density at radius 3 is 2.57 bits per heavy atom. The van der Waals surface area contributed by atoms with Crippen LogP contribution in [0.5, 0.6) is 5.75 Å². The summed E-state index contributed by atoms with van der Waals surface area (Å²) < 4.78 is 90.0. The minimum absolute atomic E-state index is 0.106. The molecule has 2 amide bonds. The van der Waals surface area contributed by atoms with Crippen molar-refractivity contribution in [3.05, 3.63) is 65.2 Å². The Morgan fingerprint density at radius 2 is 1.92 bits per heavy atom. The lowest BCUT2D eigenvalue weighted by Gasteiger charge is -2.24. The first kappa shape index (κ1) is 28.0. The summed E-state index contributed by atoms with van der Waals surface area (Å²) in [6.45, 7) is -0.575. The molecule has 0 bridgehead atoms. The number of alkyl halides is 6. The topological polar surface area (TPSA) is 78.9 Å². The molecular formula is C25H24F6N2O4. The minimum Gasteiger partial charge on any atom is -0.491 e. The fourth-order valence-electron chi connectivity index (χ4n) is 3.79. The lowest BCUT2D eigenvalue weighted by Crippen LogP contribution is -2.34. The number of para-hydroxylation sites is 1. The zero-order chi connectivity index (χ0) is 27.4. The summed E-state index contributed by atoms with van der Waals surface area (Å²) in [6.07, 6.45) is -6.76. The molecule has 0 aliphatic carbocycles. The molecule has 37 heavy (non-hydrogen) atoms. The molecule has 0 radical (unpaired) electrons. The highest BCUT2D eigenvalue weighted by atomic mass is 19.4. The number of fused-ring (bicyclic) bond motifs is 1.